The first kappa shape index (κ1) is 16.8. The molecule has 0 spiro atoms. The number of benzene rings is 1. The van der Waals surface area contributed by atoms with Crippen molar-refractivity contribution in [2.45, 2.75) is 0 Å². The van der Waals surface area contributed by atoms with E-state index in [4.69, 9.17) is 14.7 Å². The fourth-order valence-electron chi connectivity index (χ4n) is 1.67. The molecule has 0 atom stereocenters. The fourth-order valence-corrected chi connectivity index (χ4v) is 1.67. The molecule has 24 heavy (non-hydrogen) atoms. The first-order valence-electron chi connectivity index (χ1n) is 6.75. The number of ether oxygens (including phenoxy) is 2. The fraction of sp³-hybridized carbons (Fsp3) is 0.125. The zero-order chi connectivity index (χ0) is 17.4. The van der Waals surface area contributed by atoms with Gasteiger partial charge in [0.1, 0.15) is 23.7 Å². The van der Waals surface area contributed by atoms with Gasteiger partial charge in [0.05, 0.1) is 7.11 Å². The first-order chi connectivity index (χ1) is 11.6. The zero-order valence-corrected chi connectivity index (χ0v) is 12.7. The molecule has 2 rings (SSSR count). The Morgan fingerprint density at radius 3 is 2.67 bits per heavy atom. The minimum atomic E-state index is -0.899. The van der Waals surface area contributed by atoms with E-state index < -0.39 is 18.5 Å². The van der Waals surface area contributed by atoms with E-state index in [1.54, 1.807) is 30.3 Å². The Bertz CT molecular complexity index is 773. The van der Waals surface area contributed by atoms with Crippen LogP contribution in [0, 0.1) is 11.3 Å². The van der Waals surface area contributed by atoms with Gasteiger partial charge in [0, 0.05) is 6.07 Å². The molecule has 8 nitrogen and oxygen atoms in total. The summed E-state index contributed by atoms with van der Waals surface area (Å²) in [6.45, 7) is -0.548. The van der Waals surface area contributed by atoms with Gasteiger partial charge in [-0.1, -0.05) is 17.3 Å². The summed E-state index contributed by atoms with van der Waals surface area (Å²) in [5.41, 5.74) is 0.394. The minimum absolute atomic E-state index is 0.199. The lowest BCUT2D eigenvalue weighted by atomic mass is 10.1. The number of nitrogens with zero attached hydrogens (tertiary/aromatic N) is 2. The highest BCUT2D eigenvalue weighted by Crippen LogP contribution is 2.14. The third-order valence-corrected chi connectivity index (χ3v) is 2.81. The summed E-state index contributed by atoms with van der Waals surface area (Å²) in [5, 5.41) is 14.9. The summed E-state index contributed by atoms with van der Waals surface area (Å²) < 4.78 is 14.4. The van der Waals surface area contributed by atoms with Crippen LogP contribution in [0.1, 0.15) is 5.56 Å². The number of esters is 1. The number of hydrogen-bond donors (Lipinski definition) is 1. The van der Waals surface area contributed by atoms with Gasteiger partial charge >= 0.3 is 5.97 Å². The third-order valence-electron chi connectivity index (χ3n) is 2.81. The smallest absolute Gasteiger partial charge is 0.349 e. The number of carbonyl (C=O) groups excluding carboxylic acids is 2. The van der Waals surface area contributed by atoms with Gasteiger partial charge in [-0.05, 0) is 23.8 Å². The maximum absolute atomic E-state index is 11.9. The highest BCUT2D eigenvalue weighted by Gasteiger charge is 2.13. The molecule has 2 aromatic rings. The molecule has 1 heterocycles. The van der Waals surface area contributed by atoms with Crippen molar-refractivity contribution in [2.75, 3.05) is 19.0 Å². The highest BCUT2D eigenvalue weighted by atomic mass is 16.5. The predicted molar refractivity (Wildman–Crippen MR) is 82.7 cm³/mol. The summed E-state index contributed by atoms with van der Waals surface area (Å²) >= 11 is 0. The van der Waals surface area contributed by atoms with Gasteiger partial charge in [-0.3, -0.25) is 4.79 Å². The van der Waals surface area contributed by atoms with Crippen LogP contribution in [0.2, 0.25) is 0 Å². The number of carbonyl (C=O) groups is 2. The number of rotatable bonds is 6. The van der Waals surface area contributed by atoms with Gasteiger partial charge in [-0.15, -0.1) is 0 Å². The Balaban J connectivity index is 1.94. The second-order valence-corrected chi connectivity index (χ2v) is 4.45. The standard InChI is InChI=1S/C16H13N3O5/c1-22-13-4-2-11(3-5-13)8-12(9-17)16(21)23-10-15(20)18-14-6-7-24-19-14/h2-8H,10H2,1H3,(H,18,19,20)/b12-8+. The van der Waals surface area contributed by atoms with E-state index in [1.807, 2.05) is 0 Å². The van der Waals surface area contributed by atoms with E-state index in [0.29, 0.717) is 11.3 Å². The van der Waals surface area contributed by atoms with E-state index in [2.05, 4.69) is 15.0 Å². The van der Waals surface area contributed by atoms with E-state index in [9.17, 15) is 9.59 Å². The molecule has 0 aliphatic heterocycles. The van der Waals surface area contributed by atoms with Crippen LogP contribution in [0.3, 0.4) is 0 Å². The molecule has 0 radical (unpaired) electrons. The number of amides is 1. The number of anilines is 1. The quantitative estimate of drug-likeness (QED) is 0.488. The van der Waals surface area contributed by atoms with Crippen LogP contribution in [0.15, 0.2) is 46.7 Å². The average molecular weight is 327 g/mol. The van der Waals surface area contributed by atoms with Crippen LogP contribution in [-0.2, 0) is 14.3 Å². The van der Waals surface area contributed by atoms with Crippen LogP contribution in [0.5, 0.6) is 5.75 Å². The van der Waals surface area contributed by atoms with Crippen LogP contribution in [0.4, 0.5) is 5.82 Å². The molecule has 0 saturated carbocycles. The van der Waals surface area contributed by atoms with Crippen molar-refractivity contribution >= 4 is 23.8 Å². The summed E-state index contributed by atoms with van der Waals surface area (Å²) in [5.74, 6) is -0.647. The van der Waals surface area contributed by atoms with Crippen LogP contribution >= 0.6 is 0 Å². The van der Waals surface area contributed by atoms with Crippen molar-refractivity contribution in [1.82, 2.24) is 5.16 Å². The minimum Gasteiger partial charge on any atom is -0.497 e. The van der Waals surface area contributed by atoms with Crippen LogP contribution in [0.25, 0.3) is 6.08 Å². The Morgan fingerprint density at radius 1 is 1.33 bits per heavy atom. The average Bonchev–Trinajstić information content (AvgIpc) is 3.11. The van der Waals surface area contributed by atoms with E-state index in [1.165, 1.54) is 25.5 Å². The number of methoxy groups -OCH3 is 1. The van der Waals surface area contributed by atoms with E-state index in [-0.39, 0.29) is 11.4 Å². The molecular formula is C16H13N3O5. The molecule has 1 amide bonds. The van der Waals surface area contributed by atoms with Crippen molar-refractivity contribution in [2.24, 2.45) is 0 Å². The van der Waals surface area contributed by atoms with Crippen molar-refractivity contribution in [1.29, 1.82) is 5.26 Å². The molecule has 1 aromatic carbocycles. The maximum atomic E-state index is 11.9. The molecule has 122 valence electrons. The van der Waals surface area contributed by atoms with Gasteiger partial charge < -0.3 is 19.3 Å². The first-order valence-corrected chi connectivity index (χ1v) is 6.75. The second kappa shape index (κ2) is 8.14. The van der Waals surface area contributed by atoms with Gasteiger partial charge in [-0.2, -0.15) is 5.26 Å². The van der Waals surface area contributed by atoms with Gasteiger partial charge in [0.25, 0.3) is 5.91 Å². The lowest BCUT2D eigenvalue weighted by Gasteiger charge is -2.04. The molecule has 1 aromatic heterocycles. The Morgan fingerprint density at radius 2 is 2.08 bits per heavy atom. The lowest BCUT2D eigenvalue weighted by molar-refractivity contribution is -0.142. The lowest BCUT2D eigenvalue weighted by Crippen LogP contribution is -2.21. The monoisotopic (exact) mass is 327 g/mol. The molecule has 0 fully saturated rings. The maximum Gasteiger partial charge on any atom is 0.349 e. The molecule has 1 N–H and O–H groups in total. The van der Waals surface area contributed by atoms with Crippen LogP contribution < -0.4 is 10.1 Å². The van der Waals surface area contributed by atoms with Gasteiger partial charge in [-0.25, -0.2) is 4.79 Å². The Labute approximate surface area is 137 Å². The molecule has 8 heteroatoms. The summed E-state index contributed by atoms with van der Waals surface area (Å²) in [6.07, 6.45) is 2.64. The van der Waals surface area contributed by atoms with Gasteiger partial charge in [0.2, 0.25) is 0 Å². The third kappa shape index (κ3) is 4.71. The summed E-state index contributed by atoms with van der Waals surface area (Å²) in [4.78, 5) is 23.4. The van der Waals surface area contributed by atoms with Crippen molar-refractivity contribution < 1.29 is 23.6 Å². The molecule has 0 aliphatic carbocycles. The number of hydrogen-bond acceptors (Lipinski definition) is 7. The van der Waals surface area contributed by atoms with Crippen molar-refractivity contribution in [3.8, 4) is 11.8 Å². The van der Waals surface area contributed by atoms with Crippen molar-refractivity contribution in [3.05, 3.63) is 47.7 Å². The Kier molecular flexibility index (Phi) is 5.69. The largest absolute Gasteiger partial charge is 0.497 e. The Hall–Kier alpha value is -3.60. The summed E-state index contributed by atoms with van der Waals surface area (Å²) in [6, 6.07) is 9.93. The molecule has 0 aliphatic rings. The van der Waals surface area contributed by atoms with E-state index in [0.717, 1.165) is 0 Å². The SMILES string of the molecule is COc1ccc(/C=C(\C#N)C(=O)OCC(=O)Nc2ccon2)cc1. The number of aromatic nitrogens is 1. The van der Waals surface area contributed by atoms with Crippen molar-refractivity contribution in [3.63, 3.8) is 0 Å². The molecule has 0 saturated heterocycles. The van der Waals surface area contributed by atoms with Gasteiger partial charge in [0.15, 0.2) is 12.4 Å². The second-order valence-electron chi connectivity index (χ2n) is 4.45. The summed E-state index contributed by atoms with van der Waals surface area (Å²) in [7, 11) is 1.53. The van der Waals surface area contributed by atoms with E-state index >= 15 is 0 Å². The molecule has 0 unspecified atom stereocenters. The topological polar surface area (TPSA) is 114 Å². The zero-order valence-electron chi connectivity index (χ0n) is 12.7. The number of nitriles is 1. The highest BCUT2D eigenvalue weighted by molar-refractivity contribution is 5.99. The normalized spacial score (nSPS) is 10.6. The molecule has 0 bridgehead atoms. The van der Waals surface area contributed by atoms with Crippen LogP contribution in [-0.4, -0.2) is 30.7 Å². The number of nitrogens with one attached hydrogen (secondary N) is 1. The molecular weight excluding hydrogens is 314 g/mol. The predicted octanol–water partition coefficient (Wildman–Crippen LogP) is 1.77.